The maximum atomic E-state index is 13.2. The number of benzene rings is 4. The summed E-state index contributed by atoms with van der Waals surface area (Å²) in [5.41, 5.74) is 1.49. The van der Waals surface area contributed by atoms with Crippen molar-refractivity contribution in [3.8, 4) is 23.0 Å². The predicted molar refractivity (Wildman–Crippen MR) is 160 cm³/mol. The normalized spacial score (nSPS) is 12.1. The topological polar surface area (TPSA) is 95.8 Å². The van der Waals surface area contributed by atoms with E-state index in [-0.39, 0.29) is 9.79 Å². The zero-order chi connectivity index (χ0) is 29.2. The van der Waals surface area contributed by atoms with Crippen molar-refractivity contribution in [3.05, 3.63) is 97.1 Å². The quantitative estimate of drug-likeness (QED) is 0.140. The number of ether oxygens (including phenoxy) is 4. The number of nitrogens with zero attached hydrogens (tertiary/aromatic N) is 2. The summed E-state index contributed by atoms with van der Waals surface area (Å²) in [7, 11) is -3.73. The van der Waals surface area contributed by atoms with Crippen LogP contribution in [0.3, 0.4) is 0 Å². The van der Waals surface area contributed by atoms with Crippen LogP contribution in [-0.4, -0.2) is 33.4 Å². The zero-order valence-corrected chi connectivity index (χ0v) is 24.2. The molecule has 0 bridgehead atoms. The molecule has 0 aliphatic rings. The highest BCUT2D eigenvalue weighted by atomic mass is 32.2. The third-order valence-corrected chi connectivity index (χ3v) is 7.48. The van der Waals surface area contributed by atoms with Gasteiger partial charge in [0.15, 0.2) is 11.8 Å². The molecule has 0 N–H and O–H groups in total. The van der Waals surface area contributed by atoms with Gasteiger partial charge in [0, 0.05) is 13.8 Å². The van der Waals surface area contributed by atoms with Gasteiger partial charge in [0.25, 0.3) is 0 Å². The Kier molecular flexibility index (Phi) is 9.76. The highest BCUT2D eigenvalue weighted by Crippen LogP contribution is 2.29. The molecule has 0 aliphatic carbocycles. The van der Waals surface area contributed by atoms with Gasteiger partial charge in [-0.05, 0) is 111 Å². The molecule has 0 unspecified atom stereocenters. The van der Waals surface area contributed by atoms with Gasteiger partial charge < -0.3 is 18.9 Å². The van der Waals surface area contributed by atoms with E-state index in [0.29, 0.717) is 48.0 Å². The van der Waals surface area contributed by atoms with Gasteiger partial charge in [-0.2, -0.15) is 0 Å². The minimum atomic E-state index is -3.73. The fourth-order valence-corrected chi connectivity index (χ4v) is 5.07. The molecule has 0 amide bonds. The van der Waals surface area contributed by atoms with Gasteiger partial charge in [-0.15, -0.1) is 0 Å². The van der Waals surface area contributed by atoms with E-state index in [0.717, 1.165) is 11.4 Å². The molecule has 0 spiro atoms. The highest BCUT2D eigenvalue weighted by Gasteiger charge is 2.18. The number of aliphatic imine (C=N–C) groups is 2. The Morgan fingerprint density at radius 1 is 0.537 bits per heavy atom. The summed E-state index contributed by atoms with van der Waals surface area (Å²) >= 11 is 0. The lowest BCUT2D eigenvalue weighted by Gasteiger charge is -2.10. The molecule has 4 rings (SSSR count). The molecule has 0 saturated carbocycles. The summed E-state index contributed by atoms with van der Waals surface area (Å²) in [4.78, 5) is 9.05. The zero-order valence-electron chi connectivity index (χ0n) is 23.4. The molecule has 0 saturated heterocycles. The van der Waals surface area contributed by atoms with E-state index in [1.54, 1.807) is 62.4 Å². The number of hydrogen-bond donors (Lipinski definition) is 0. The highest BCUT2D eigenvalue weighted by molar-refractivity contribution is 7.91. The van der Waals surface area contributed by atoms with Crippen LogP contribution in [0.4, 0.5) is 11.4 Å². The third kappa shape index (κ3) is 8.18. The van der Waals surface area contributed by atoms with Crippen LogP contribution in [0.5, 0.6) is 23.0 Å². The lowest BCUT2D eigenvalue weighted by atomic mass is 10.3. The van der Waals surface area contributed by atoms with Gasteiger partial charge in [0.05, 0.1) is 34.4 Å². The van der Waals surface area contributed by atoms with E-state index in [1.165, 1.54) is 24.3 Å². The Balaban J connectivity index is 1.38. The molecule has 0 aliphatic heterocycles. The molecule has 212 valence electrons. The van der Waals surface area contributed by atoms with Crippen molar-refractivity contribution < 1.29 is 27.4 Å². The van der Waals surface area contributed by atoms with Gasteiger partial charge in [-0.3, -0.25) is 0 Å². The lowest BCUT2D eigenvalue weighted by Crippen LogP contribution is -2.01. The van der Waals surface area contributed by atoms with Gasteiger partial charge in [0.2, 0.25) is 9.84 Å². The molecule has 4 aromatic carbocycles. The van der Waals surface area contributed by atoms with Gasteiger partial charge in [0.1, 0.15) is 23.0 Å². The van der Waals surface area contributed by atoms with Crippen LogP contribution in [0, 0.1) is 0 Å². The van der Waals surface area contributed by atoms with Crippen molar-refractivity contribution in [1.29, 1.82) is 0 Å². The average Bonchev–Trinajstić information content (AvgIpc) is 2.96. The van der Waals surface area contributed by atoms with Crippen LogP contribution >= 0.6 is 0 Å². The second-order valence-corrected chi connectivity index (χ2v) is 10.7. The van der Waals surface area contributed by atoms with Gasteiger partial charge >= 0.3 is 0 Å². The maximum absolute atomic E-state index is 13.2. The third-order valence-electron chi connectivity index (χ3n) is 5.69. The van der Waals surface area contributed by atoms with Crippen LogP contribution in [0.1, 0.15) is 27.7 Å². The molecule has 0 atom stereocenters. The van der Waals surface area contributed by atoms with Crippen molar-refractivity contribution in [1.82, 2.24) is 0 Å². The molecule has 41 heavy (non-hydrogen) atoms. The fourth-order valence-electron chi connectivity index (χ4n) is 3.81. The summed E-state index contributed by atoms with van der Waals surface area (Å²) in [5.74, 6) is 3.41. The van der Waals surface area contributed by atoms with Crippen molar-refractivity contribution in [2.24, 2.45) is 9.98 Å². The van der Waals surface area contributed by atoms with E-state index in [2.05, 4.69) is 9.98 Å². The Hall–Kier alpha value is -4.63. The molecule has 0 heterocycles. The van der Waals surface area contributed by atoms with Gasteiger partial charge in [-0.1, -0.05) is 0 Å². The Labute approximate surface area is 240 Å². The Morgan fingerprint density at radius 3 is 1.12 bits per heavy atom. The molecule has 4 aromatic rings. The summed E-state index contributed by atoms with van der Waals surface area (Å²) < 4.78 is 48.8. The summed E-state index contributed by atoms with van der Waals surface area (Å²) in [6.07, 6.45) is 0. The second-order valence-electron chi connectivity index (χ2n) is 8.77. The van der Waals surface area contributed by atoms with Crippen molar-refractivity contribution in [2.45, 2.75) is 37.5 Å². The summed E-state index contributed by atoms with van der Waals surface area (Å²) in [6, 6.07) is 27.0. The lowest BCUT2D eigenvalue weighted by molar-refractivity contribution is 0.324. The van der Waals surface area contributed by atoms with E-state index < -0.39 is 9.84 Å². The van der Waals surface area contributed by atoms with E-state index in [1.807, 2.05) is 38.1 Å². The molecular weight excluding hydrogens is 540 g/mol. The standard InChI is InChI=1S/C32H32N2O6S/c1-5-37-23(3)33-25-7-11-27(12-8-25)39-29-15-19-31(20-16-29)41(35,36)32-21-17-30(18-22-32)40-28-13-9-26(10-14-28)34-24(4)38-6-2/h7-22H,5-6H2,1-4H3/b33-23-,34-24-. The number of rotatable bonds is 10. The Bertz CT molecular complexity index is 1480. The Morgan fingerprint density at radius 2 is 0.829 bits per heavy atom. The van der Waals surface area contributed by atoms with Crippen molar-refractivity contribution in [3.63, 3.8) is 0 Å². The minimum absolute atomic E-state index is 0.160. The first kappa shape index (κ1) is 29.4. The SMILES string of the molecule is CCO/C(C)=N\c1ccc(Oc2ccc(S(=O)(=O)c3ccc(Oc4ccc(/N=C(/C)OCC)cc4)cc3)cc2)cc1. The fraction of sp³-hybridized carbons (Fsp3) is 0.188. The van der Waals surface area contributed by atoms with E-state index >= 15 is 0 Å². The first-order valence-electron chi connectivity index (χ1n) is 13.1. The number of sulfone groups is 1. The summed E-state index contributed by atoms with van der Waals surface area (Å²) in [6.45, 7) is 8.53. The molecule has 0 radical (unpaired) electrons. The molecule has 9 heteroatoms. The minimum Gasteiger partial charge on any atom is -0.481 e. The second kappa shape index (κ2) is 13.6. The molecule has 0 aromatic heterocycles. The predicted octanol–water partition coefficient (Wildman–Crippen LogP) is 8.28. The molecular formula is C32H32N2O6S. The largest absolute Gasteiger partial charge is 0.481 e. The first-order valence-corrected chi connectivity index (χ1v) is 14.6. The van der Waals surface area contributed by atoms with Crippen molar-refractivity contribution in [2.75, 3.05) is 13.2 Å². The van der Waals surface area contributed by atoms with Crippen molar-refractivity contribution >= 4 is 33.0 Å². The van der Waals surface area contributed by atoms with Crippen LogP contribution < -0.4 is 9.47 Å². The van der Waals surface area contributed by atoms with E-state index in [4.69, 9.17) is 18.9 Å². The van der Waals surface area contributed by atoms with Crippen LogP contribution in [0.15, 0.2) is 117 Å². The van der Waals surface area contributed by atoms with E-state index in [9.17, 15) is 8.42 Å². The molecule has 8 nitrogen and oxygen atoms in total. The smallest absolute Gasteiger partial charge is 0.206 e. The number of hydrogen-bond acceptors (Lipinski definition) is 8. The van der Waals surface area contributed by atoms with Gasteiger partial charge in [-0.25, -0.2) is 18.4 Å². The molecule has 0 fully saturated rings. The summed E-state index contributed by atoms with van der Waals surface area (Å²) in [5, 5.41) is 0. The van der Waals surface area contributed by atoms with Crippen LogP contribution in [-0.2, 0) is 19.3 Å². The monoisotopic (exact) mass is 572 g/mol. The van der Waals surface area contributed by atoms with Crippen LogP contribution in [0.25, 0.3) is 0 Å². The van der Waals surface area contributed by atoms with Crippen LogP contribution in [0.2, 0.25) is 0 Å². The average molecular weight is 573 g/mol. The first-order chi connectivity index (χ1) is 19.8. The maximum Gasteiger partial charge on any atom is 0.206 e.